The Kier molecular flexibility index (Phi) is 5.97. The standard InChI is InChI=1S/C14H24N2O2S/c1-4-12(5-2)10-16-11(3)13-7-6-8-14(9-13)19(15,17)18/h6-9,11-12,16H,4-5,10H2,1-3H3,(H2,15,17,18). The van der Waals surface area contributed by atoms with Gasteiger partial charge in [0.2, 0.25) is 10.0 Å². The summed E-state index contributed by atoms with van der Waals surface area (Å²) in [6.07, 6.45) is 2.29. The summed E-state index contributed by atoms with van der Waals surface area (Å²) in [5, 5.41) is 8.59. The molecule has 0 heterocycles. The summed E-state index contributed by atoms with van der Waals surface area (Å²) in [4.78, 5) is 0.168. The molecule has 0 spiro atoms. The Bertz CT molecular complexity index is 496. The van der Waals surface area contributed by atoms with Crippen molar-refractivity contribution in [3.8, 4) is 0 Å². The van der Waals surface area contributed by atoms with Gasteiger partial charge in [-0.2, -0.15) is 0 Å². The highest BCUT2D eigenvalue weighted by Crippen LogP contribution is 2.17. The van der Waals surface area contributed by atoms with Crippen LogP contribution < -0.4 is 10.5 Å². The van der Waals surface area contributed by atoms with E-state index in [0.717, 1.165) is 24.9 Å². The van der Waals surface area contributed by atoms with Crippen LogP contribution in [0.3, 0.4) is 0 Å². The first kappa shape index (κ1) is 16.1. The van der Waals surface area contributed by atoms with E-state index in [1.807, 2.05) is 13.0 Å². The lowest BCUT2D eigenvalue weighted by Crippen LogP contribution is -2.25. The Morgan fingerprint density at radius 2 is 1.89 bits per heavy atom. The quantitative estimate of drug-likeness (QED) is 0.807. The number of nitrogens with two attached hydrogens (primary N) is 1. The summed E-state index contributed by atoms with van der Waals surface area (Å²) in [6, 6.07) is 6.91. The van der Waals surface area contributed by atoms with Gasteiger partial charge < -0.3 is 5.32 Å². The molecule has 0 radical (unpaired) electrons. The Labute approximate surface area is 116 Å². The van der Waals surface area contributed by atoms with Crippen LogP contribution in [0.15, 0.2) is 29.2 Å². The molecule has 1 aromatic rings. The molecule has 0 bridgehead atoms. The molecular formula is C14H24N2O2S. The molecule has 0 amide bonds. The number of benzene rings is 1. The Morgan fingerprint density at radius 3 is 2.42 bits per heavy atom. The van der Waals surface area contributed by atoms with Gasteiger partial charge in [0.15, 0.2) is 0 Å². The highest BCUT2D eigenvalue weighted by Gasteiger charge is 2.12. The van der Waals surface area contributed by atoms with E-state index < -0.39 is 10.0 Å². The highest BCUT2D eigenvalue weighted by molar-refractivity contribution is 7.89. The summed E-state index contributed by atoms with van der Waals surface area (Å²) in [6.45, 7) is 7.34. The number of primary sulfonamides is 1. The lowest BCUT2D eigenvalue weighted by atomic mass is 10.0. The Hall–Kier alpha value is -0.910. The second-order valence-corrected chi connectivity index (χ2v) is 6.49. The Morgan fingerprint density at radius 1 is 1.26 bits per heavy atom. The molecule has 108 valence electrons. The van der Waals surface area contributed by atoms with Gasteiger partial charge in [-0.3, -0.25) is 0 Å². The molecule has 5 heteroatoms. The smallest absolute Gasteiger partial charge is 0.238 e. The summed E-state index contributed by atoms with van der Waals surface area (Å²) < 4.78 is 22.6. The lowest BCUT2D eigenvalue weighted by molar-refractivity contribution is 0.422. The molecule has 4 nitrogen and oxygen atoms in total. The van der Waals surface area contributed by atoms with Crippen LogP contribution in [0.5, 0.6) is 0 Å². The molecule has 0 aliphatic heterocycles. The van der Waals surface area contributed by atoms with Crippen molar-refractivity contribution in [3.63, 3.8) is 0 Å². The van der Waals surface area contributed by atoms with Gasteiger partial charge in [0.25, 0.3) is 0 Å². The van der Waals surface area contributed by atoms with Gasteiger partial charge in [-0.05, 0) is 37.1 Å². The fourth-order valence-corrected chi connectivity index (χ4v) is 2.57. The summed E-state index contributed by atoms with van der Waals surface area (Å²) in [5.74, 6) is 0.656. The highest BCUT2D eigenvalue weighted by atomic mass is 32.2. The van der Waals surface area contributed by atoms with Crippen molar-refractivity contribution in [1.82, 2.24) is 5.32 Å². The molecule has 0 fully saturated rings. The second kappa shape index (κ2) is 7.03. The van der Waals surface area contributed by atoms with Gasteiger partial charge in [0.1, 0.15) is 0 Å². The molecule has 19 heavy (non-hydrogen) atoms. The molecule has 1 aromatic carbocycles. The van der Waals surface area contributed by atoms with Crippen molar-refractivity contribution in [2.75, 3.05) is 6.54 Å². The largest absolute Gasteiger partial charge is 0.310 e. The van der Waals surface area contributed by atoms with Gasteiger partial charge in [0, 0.05) is 6.04 Å². The number of hydrogen-bond acceptors (Lipinski definition) is 3. The van der Waals surface area contributed by atoms with E-state index >= 15 is 0 Å². The van der Waals surface area contributed by atoms with Crippen LogP contribution in [-0.2, 0) is 10.0 Å². The summed E-state index contributed by atoms with van der Waals surface area (Å²) in [5.41, 5.74) is 0.942. The number of sulfonamides is 1. The molecular weight excluding hydrogens is 260 g/mol. The third-order valence-electron chi connectivity index (χ3n) is 3.55. The van der Waals surface area contributed by atoms with Crippen LogP contribution in [0.25, 0.3) is 0 Å². The van der Waals surface area contributed by atoms with Crippen molar-refractivity contribution >= 4 is 10.0 Å². The molecule has 1 atom stereocenters. The first-order chi connectivity index (χ1) is 8.88. The van der Waals surface area contributed by atoms with Crippen LogP contribution in [0, 0.1) is 5.92 Å². The minimum absolute atomic E-state index is 0.113. The van der Waals surface area contributed by atoms with Crippen molar-refractivity contribution in [2.45, 2.75) is 44.6 Å². The van der Waals surface area contributed by atoms with Crippen LogP contribution in [-0.4, -0.2) is 15.0 Å². The lowest BCUT2D eigenvalue weighted by Gasteiger charge is -2.19. The van der Waals surface area contributed by atoms with Crippen LogP contribution >= 0.6 is 0 Å². The molecule has 0 aliphatic carbocycles. The monoisotopic (exact) mass is 284 g/mol. The maximum absolute atomic E-state index is 11.3. The van der Waals surface area contributed by atoms with E-state index in [0.29, 0.717) is 5.92 Å². The normalized spacial score (nSPS) is 13.7. The minimum Gasteiger partial charge on any atom is -0.310 e. The fourth-order valence-electron chi connectivity index (χ4n) is 2.00. The number of hydrogen-bond donors (Lipinski definition) is 2. The number of nitrogens with one attached hydrogen (secondary N) is 1. The van der Waals surface area contributed by atoms with Gasteiger partial charge in [-0.25, -0.2) is 13.6 Å². The van der Waals surface area contributed by atoms with Crippen molar-refractivity contribution in [1.29, 1.82) is 0 Å². The summed E-state index contributed by atoms with van der Waals surface area (Å²) >= 11 is 0. The minimum atomic E-state index is -3.63. The van der Waals surface area contributed by atoms with Crippen molar-refractivity contribution < 1.29 is 8.42 Å². The third kappa shape index (κ3) is 4.93. The van der Waals surface area contributed by atoms with E-state index in [9.17, 15) is 8.42 Å². The maximum Gasteiger partial charge on any atom is 0.238 e. The molecule has 1 rings (SSSR count). The second-order valence-electron chi connectivity index (χ2n) is 4.93. The van der Waals surface area contributed by atoms with Crippen LogP contribution in [0.1, 0.15) is 45.2 Å². The van der Waals surface area contributed by atoms with E-state index in [2.05, 4.69) is 19.2 Å². The van der Waals surface area contributed by atoms with Crippen molar-refractivity contribution in [3.05, 3.63) is 29.8 Å². The Balaban J connectivity index is 2.75. The first-order valence-corrected chi connectivity index (χ1v) is 8.29. The van der Waals surface area contributed by atoms with E-state index in [1.54, 1.807) is 12.1 Å². The van der Waals surface area contributed by atoms with Crippen LogP contribution in [0.2, 0.25) is 0 Å². The average molecular weight is 284 g/mol. The van der Waals surface area contributed by atoms with E-state index in [-0.39, 0.29) is 10.9 Å². The molecule has 0 aliphatic rings. The predicted octanol–water partition coefficient (Wildman–Crippen LogP) is 2.42. The van der Waals surface area contributed by atoms with Gasteiger partial charge >= 0.3 is 0 Å². The molecule has 3 N–H and O–H groups in total. The first-order valence-electron chi connectivity index (χ1n) is 6.74. The molecule has 0 aromatic heterocycles. The van der Waals surface area contributed by atoms with Gasteiger partial charge in [-0.15, -0.1) is 0 Å². The molecule has 0 saturated carbocycles. The zero-order chi connectivity index (χ0) is 14.5. The van der Waals surface area contributed by atoms with Gasteiger partial charge in [0.05, 0.1) is 4.90 Å². The van der Waals surface area contributed by atoms with Gasteiger partial charge in [-0.1, -0.05) is 38.8 Å². The average Bonchev–Trinajstić information content (AvgIpc) is 2.39. The zero-order valence-corrected chi connectivity index (χ0v) is 12.7. The topological polar surface area (TPSA) is 72.2 Å². The van der Waals surface area contributed by atoms with E-state index in [4.69, 9.17) is 5.14 Å². The van der Waals surface area contributed by atoms with Crippen LogP contribution in [0.4, 0.5) is 0 Å². The molecule has 1 unspecified atom stereocenters. The third-order valence-corrected chi connectivity index (χ3v) is 4.47. The SMILES string of the molecule is CCC(CC)CNC(C)c1cccc(S(N)(=O)=O)c1. The zero-order valence-electron chi connectivity index (χ0n) is 11.9. The fraction of sp³-hybridized carbons (Fsp3) is 0.571. The van der Waals surface area contributed by atoms with E-state index in [1.165, 1.54) is 6.07 Å². The maximum atomic E-state index is 11.3. The molecule has 0 saturated heterocycles. The van der Waals surface area contributed by atoms with Crippen molar-refractivity contribution in [2.24, 2.45) is 11.1 Å². The number of rotatable bonds is 7. The summed E-state index contributed by atoms with van der Waals surface area (Å²) in [7, 11) is -3.63. The predicted molar refractivity (Wildman–Crippen MR) is 78.3 cm³/mol.